The van der Waals surface area contributed by atoms with Crippen LogP contribution in [0.4, 0.5) is 0 Å². The Balaban J connectivity index is 1.85. The maximum Gasteiger partial charge on any atom is 0.330 e. The van der Waals surface area contributed by atoms with Gasteiger partial charge >= 0.3 is 5.97 Å². The summed E-state index contributed by atoms with van der Waals surface area (Å²) in [4.78, 5) is 14.9. The highest BCUT2D eigenvalue weighted by Gasteiger charge is 2.34. The molecule has 110 valence electrons. The van der Waals surface area contributed by atoms with Crippen LogP contribution < -0.4 is 0 Å². The van der Waals surface area contributed by atoms with E-state index in [-0.39, 0.29) is 5.97 Å². The summed E-state index contributed by atoms with van der Waals surface area (Å²) in [5.41, 5.74) is 3.78. The zero-order valence-electron chi connectivity index (χ0n) is 12.6. The second-order valence-corrected chi connectivity index (χ2v) is 6.03. The second kappa shape index (κ2) is 5.40. The summed E-state index contributed by atoms with van der Waals surface area (Å²) in [6.45, 7) is 4.53. The molecule has 21 heavy (non-hydrogen) atoms. The SMILES string of the molecule is CCOC(=O)/C=C/c1ccc2cc(C3(C)CCC3)[nH]c2c1. The van der Waals surface area contributed by atoms with Gasteiger partial charge in [0.15, 0.2) is 0 Å². The Morgan fingerprint density at radius 1 is 1.38 bits per heavy atom. The highest BCUT2D eigenvalue weighted by atomic mass is 16.5. The minimum atomic E-state index is -0.299. The molecule has 0 bridgehead atoms. The van der Waals surface area contributed by atoms with Crippen LogP contribution in [0.15, 0.2) is 30.3 Å². The number of nitrogens with one attached hydrogen (secondary N) is 1. The Bertz CT molecular complexity index is 692. The van der Waals surface area contributed by atoms with Gasteiger partial charge in [0.1, 0.15) is 0 Å². The molecule has 0 saturated heterocycles. The van der Waals surface area contributed by atoms with Crippen LogP contribution in [0.5, 0.6) is 0 Å². The summed E-state index contributed by atoms with van der Waals surface area (Å²) in [5.74, 6) is -0.299. The van der Waals surface area contributed by atoms with E-state index in [1.807, 2.05) is 6.07 Å². The molecule has 3 rings (SSSR count). The summed E-state index contributed by atoms with van der Waals surface area (Å²) in [5, 5.41) is 1.23. The Morgan fingerprint density at radius 2 is 2.19 bits per heavy atom. The lowest BCUT2D eigenvalue weighted by atomic mass is 9.68. The van der Waals surface area contributed by atoms with Gasteiger partial charge in [0, 0.05) is 22.7 Å². The molecule has 1 heterocycles. The van der Waals surface area contributed by atoms with Crippen molar-refractivity contribution in [3.8, 4) is 0 Å². The normalized spacial score (nSPS) is 17.0. The standard InChI is InChI=1S/C18H21NO2/c1-3-21-17(20)8-6-13-5-7-14-12-16(19-15(14)11-13)18(2)9-4-10-18/h5-8,11-12,19H,3-4,9-10H2,1-2H3/b8-6+. The van der Waals surface area contributed by atoms with Crippen molar-refractivity contribution in [3.05, 3.63) is 41.6 Å². The van der Waals surface area contributed by atoms with Crippen molar-refractivity contribution in [2.45, 2.75) is 38.5 Å². The maximum absolute atomic E-state index is 11.3. The van der Waals surface area contributed by atoms with Gasteiger partial charge in [-0.25, -0.2) is 4.79 Å². The van der Waals surface area contributed by atoms with Crippen LogP contribution in [0, 0.1) is 0 Å². The molecule has 1 aliphatic rings. The number of H-pyrrole nitrogens is 1. The van der Waals surface area contributed by atoms with Gasteiger partial charge < -0.3 is 9.72 Å². The van der Waals surface area contributed by atoms with Crippen molar-refractivity contribution in [3.63, 3.8) is 0 Å². The van der Waals surface area contributed by atoms with E-state index in [0.29, 0.717) is 12.0 Å². The molecule has 2 aromatic rings. The van der Waals surface area contributed by atoms with Crippen LogP contribution in [-0.4, -0.2) is 17.6 Å². The highest BCUT2D eigenvalue weighted by molar-refractivity contribution is 5.89. The molecular weight excluding hydrogens is 262 g/mol. The predicted octanol–water partition coefficient (Wildman–Crippen LogP) is 4.19. The van der Waals surface area contributed by atoms with Gasteiger partial charge in [0.05, 0.1) is 6.61 Å². The molecule has 0 radical (unpaired) electrons. The lowest BCUT2D eigenvalue weighted by Crippen LogP contribution is -2.30. The van der Waals surface area contributed by atoms with Crippen LogP contribution in [0.1, 0.15) is 44.4 Å². The van der Waals surface area contributed by atoms with E-state index in [2.05, 4.69) is 30.1 Å². The van der Waals surface area contributed by atoms with Gasteiger partial charge in [-0.15, -0.1) is 0 Å². The van der Waals surface area contributed by atoms with Crippen molar-refractivity contribution >= 4 is 22.9 Å². The van der Waals surface area contributed by atoms with Crippen LogP contribution >= 0.6 is 0 Å². The summed E-state index contributed by atoms with van der Waals surface area (Å²) >= 11 is 0. The summed E-state index contributed by atoms with van der Waals surface area (Å²) in [6, 6.07) is 8.46. The number of ether oxygens (including phenoxy) is 1. The molecule has 1 N–H and O–H groups in total. The van der Waals surface area contributed by atoms with Crippen molar-refractivity contribution < 1.29 is 9.53 Å². The van der Waals surface area contributed by atoms with Crippen molar-refractivity contribution in [1.82, 2.24) is 4.98 Å². The fraction of sp³-hybridized carbons (Fsp3) is 0.389. The highest BCUT2D eigenvalue weighted by Crippen LogP contribution is 2.43. The number of rotatable bonds is 4. The fourth-order valence-electron chi connectivity index (χ4n) is 2.90. The third-order valence-electron chi connectivity index (χ3n) is 4.45. The minimum absolute atomic E-state index is 0.299. The molecule has 3 heteroatoms. The zero-order chi connectivity index (χ0) is 14.9. The smallest absolute Gasteiger partial charge is 0.330 e. The number of hydrogen-bond donors (Lipinski definition) is 1. The monoisotopic (exact) mass is 283 g/mol. The first kappa shape index (κ1) is 13.9. The quantitative estimate of drug-likeness (QED) is 0.675. The molecule has 0 amide bonds. The molecule has 1 saturated carbocycles. The Hall–Kier alpha value is -2.03. The van der Waals surface area contributed by atoms with E-state index in [4.69, 9.17) is 4.74 Å². The summed E-state index contributed by atoms with van der Waals surface area (Å²) in [6.07, 6.45) is 7.11. The molecular formula is C18H21NO2. The molecule has 1 aromatic heterocycles. The average Bonchev–Trinajstić information content (AvgIpc) is 2.86. The van der Waals surface area contributed by atoms with Crippen LogP contribution in [0.2, 0.25) is 0 Å². The third kappa shape index (κ3) is 2.73. The second-order valence-electron chi connectivity index (χ2n) is 6.03. The lowest BCUT2D eigenvalue weighted by molar-refractivity contribution is -0.137. The average molecular weight is 283 g/mol. The van der Waals surface area contributed by atoms with Gasteiger partial charge in [-0.3, -0.25) is 0 Å². The predicted molar refractivity (Wildman–Crippen MR) is 85.2 cm³/mol. The first-order valence-electron chi connectivity index (χ1n) is 7.59. The molecule has 0 atom stereocenters. The number of fused-ring (bicyclic) bond motifs is 1. The fourth-order valence-corrected chi connectivity index (χ4v) is 2.90. The largest absolute Gasteiger partial charge is 0.463 e. The van der Waals surface area contributed by atoms with Crippen LogP contribution in [0.25, 0.3) is 17.0 Å². The van der Waals surface area contributed by atoms with E-state index in [1.165, 1.54) is 36.4 Å². The number of hydrogen-bond acceptors (Lipinski definition) is 2. The Kier molecular flexibility index (Phi) is 3.58. The van der Waals surface area contributed by atoms with E-state index in [9.17, 15) is 4.79 Å². The molecule has 0 spiro atoms. The first-order valence-corrected chi connectivity index (χ1v) is 7.59. The van der Waals surface area contributed by atoms with Gasteiger partial charge in [-0.05, 0) is 48.9 Å². The molecule has 0 aliphatic heterocycles. The van der Waals surface area contributed by atoms with Gasteiger partial charge in [0.2, 0.25) is 0 Å². The Morgan fingerprint density at radius 3 is 2.86 bits per heavy atom. The topological polar surface area (TPSA) is 42.1 Å². The Labute approximate surface area is 125 Å². The zero-order valence-corrected chi connectivity index (χ0v) is 12.6. The minimum Gasteiger partial charge on any atom is -0.463 e. The summed E-state index contributed by atoms with van der Waals surface area (Å²) in [7, 11) is 0. The summed E-state index contributed by atoms with van der Waals surface area (Å²) < 4.78 is 4.89. The van der Waals surface area contributed by atoms with Gasteiger partial charge in [-0.1, -0.05) is 25.5 Å². The lowest BCUT2D eigenvalue weighted by Gasteiger charge is -2.37. The van der Waals surface area contributed by atoms with E-state index < -0.39 is 0 Å². The van der Waals surface area contributed by atoms with Crippen LogP contribution in [-0.2, 0) is 14.9 Å². The van der Waals surface area contributed by atoms with E-state index >= 15 is 0 Å². The van der Waals surface area contributed by atoms with Gasteiger partial charge in [-0.2, -0.15) is 0 Å². The number of esters is 1. The first-order chi connectivity index (χ1) is 10.1. The number of carbonyl (C=O) groups is 1. The molecule has 1 aromatic carbocycles. The third-order valence-corrected chi connectivity index (χ3v) is 4.45. The van der Waals surface area contributed by atoms with E-state index in [0.717, 1.165) is 11.1 Å². The number of carbonyl (C=O) groups excluding carboxylic acids is 1. The molecule has 3 nitrogen and oxygen atoms in total. The number of aromatic nitrogens is 1. The maximum atomic E-state index is 11.3. The van der Waals surface area contributed by atoms with Crippen molar-refractivity contribution in [2.24, 2.45) is 0 Å². The molecule has 0 unspecified atom stereocenters. The number of benzene rings is 1. The van der Waals surface area contributed by atoms with Gasteiger partial charge in [0.25, 0.3) is 0 Å². The van der Waals surface area contributed by atoms with Crippen molar-refractivity contribution in [1.29, 1.82) is 0 Å². The molecule has 1 fully saturated rings. The van der Waals surface area contributed by atoms with Crippen LogP contribution in [0.3, 0.4) is 0 Å². The van der Waals surface area contributed by atoms with E-state index in [1.54, 1.807) is 13.0 Å². The number of aromatic amines is 1. The van der Waals surface area contributed by atoms with Crippen molar-refractivity contribution in [2.75, 3.05) is 6.61 Å². The molecule has 1 aliphatic carbocycles.